The summed E-state index contributed by atoms with van der Waals surface area (Å²) in [5.74, 6) is -0.114. The smallest absolute Gasteiger partial charge is 0.126 e. The quantitative estimate of drug-likeness (QED) is 0.827. The molecule has 1 nitrogen and oxygen atoms in total. The van der Waals surface area contributed by atoms with Gasteiger partial charge < -0.3 is 5.32 Å². The highest BCUT2D eigenvalue weighted by Gasteiger charge is 2.20. The third kappa shape index (κ3) is 6.20. The first-order valence-electron chi connectivity index (χ1n) is 7.09. The zero-order chi connectivity index (χ0) is 14.7. The molecule has 1 rings (SSSR count). The number of hydrogen-bond donors (Lipinski definition) is 1. The van der Waals surface area contributed by atoms with Crippen LogP contribution in [0.15, 0.2) is 18.2 Å². The van der Waals surface area contributed by atoms with Crippen molar-refractivity contribution in [2.24, 2.45) is 5.41 Å². The van der Waals surface area contributed by atoms with Crippen LogP contribution in [0.2, 0.25) is 0 Å². The molecule has 0 spiro atoms. The van der Waals surface area contributed by atoms with Crippen LogP contribution < -0.4 is 5.32 Å². The van der Waals surface area contributed by atoms with Gasteiger partial charge in [-0.15, -0.1) is 0 Å². The van der Waals surface area contributed by atoms with Gasteiger partial charge in [0.1, 0.15) is 5.82 Å². The second-order valence-corrected chi connectivity index (χ2v) is 7.35. The Hall–Kier alpha value is -0.890. The van der Waals surface area contributed by atoms with Crippen molar-refractivity contribution in [1.82, 2.24) is 5.32 Å². The molecule has 1 aromatic carbocycles. The molecule has 19 heavy (non-hydrogen) atoms. The summed E-state index contributed by atoms with van der Waals surface area (Å²) in [6, 6.07) is 5.43. The van der Waals surface area contributed by atoms with E-state index in [9.17, 15) is 4.39 Å². The van der Waals surface area contributed by atoms with Gasteiger partial charge in [-0.2, -0.15) is 0 Å². The average molecular weight is 265 g/mol. The van der Waals surface area contributed by atoms with E-state index >= 15 is 0 Å². The summed E-state index contributed by atoms with van der Waals surface area (Å²) in [6.45, 7) is 13.9. The monoisotopic (exact) mass is 265 g/mol. The molecule has 0 amide bonds. The summed E-state index contributed by atoms with van der Waals surface area (Å²) in [5.41, 5.74) is 2.37. The van der Waals surface area contributed by atoms with Crippen LogP contribution in [-0.4, -0.2) is 12.1 Å². The molecular weight excluding hydrogens is 237 g/mol. The van der Waals surface area contributed by atoms with Crippen LogP contribution >= 0.6 is 0 Å². The molecule has 1 N–H and O–H groups in total. The molecular formula is C17H28FN. The van der Waals surface area contributed by atoms with Crippen LogP contribution in [-0.2, 0) is 6.42 Å². The highest BCUT2D eigenvalue weighted by atomic mass is 19.1. The minimum absolute atomic E-state index is 0.114. The SMILES string of the molecule is Cc1cc(CCC(C)(C)CNC(C)(C)C)ccc1F. The normalized spacial score (nSPS) is 12.8. The minimum atomic E-state index is -0.114. The fourth-order valence-electron chi connectivity index (χ4n) is 1.94. The van der Waals surface area contributed by atoms with Gasteiger partial charge in [0, 0.05) is 12.1 Å². The molecule has 0 saturated heterocycles. The lowest BCUT2D eigenvalue weighted by atomic mass is 9.85. The summed E-state index contributed by atoms with van der Waals surface area (Å²) >= 11 is 0. The lowest BCUT2D eigenvalue weighted by Crippen LogP contribution is -2.42. The molecule has 0 unspecified atom stereocenters. The Balaban J connectivity index is 2.52. The van der Waals surface area contributed by atoms with Gasteiger partial charge >= 0.3 is 0 Å². The molecule has 1 aromatic rings. The molecule has 0 aliphatic heterocycles. The maximum Gasteiger partial charge on any atom is 0.126 e. The van der Waals surface area contributed by atoms with Gasteiger partial charge in [0.25, 0.3) is 0 Å². The van der Waals surface area contributed by atoms with Gasteiger partial charge in [-0.05, 0) is 63.1 Å². The molecule has 0 aliphatic rings. The van der Waals surface area contributed by atoms with Gasteiger partial charge in [0.15, 0.2) is 0 Å². The Bertz CT molecular complexity index is 416. The molecule has 0 radical (unpaired) electrons. The van der Waals surface area contributed by atoms with Crippen molar-refractivity contribution >= 4 is 0 Å². The van der Waals surface area contributed by atoms with Crippen molar-refractivity contribution in [3.63, 3.8) is 0 Å². The number of halogens is 1. The van der Waals surface area contributed by atoms with E-state index in [4.69, 9.17) is 0 Å². The molecule has 0 bridgehead atoms. The van der Waals surface area contributed by atoms with Gasteiger partial charge in [0.05, 0.1) is 0 Å². The van der Waals surface area contributed by atoms with E-state index in [0.29, 0.717) is 0 Å². The van der Waals surface area contributed by atoms with E-state index in [-0.39, 0.29) is 16.8 Å². The predicted octanol–water partition coefficient (Wildman–Crippen LogP) is 4.48. The summed E-state index contributed by atoms with van der Waals surface area (Å²) in [5, 5.41) is 3.56. The lowest BCUT2D eigenvalue weighted by Gasteiger charge is -2.30. The van der Waals surface area contributed by atoms with Crippen molar-refractivity contribution in [2.75, 3.05) is 6.54 Å². The summed E-state index contributed by atoms with van der Waals surface area (Å²) in [7, 11) is 0. The summed E-state index contributed by atoms with van der Waals surface area (Å²) in [6.07, 6.45) is 2.10. The van der Waals surface area contributed by atoms with E-state index < -0.39 is 0 Å². The van der Waals surface area contributed by atoms with E-state index in [2.05, 4.69) is 39.9 Å². The largest absolute Gasteiger partial charge is 0.312 e. The van der Waals surface area contributed by atoms with E-state index in [1.54, 1.807) is 6.07 Å². The maximum absolute atomic E-state index is 13.2. The molecule has 2 heteroatoms. The van der Waals surface area contributed by atoms with Gasteiger partial charge in [-0.3, -0.25) is 0 Å². The topological polar surface area (TPSA) is 12.0 Å². The Labute approximate surface area is 117 Å². The van der Waals surface area contributed by atoms with Gasteiger partial charge in [0.2, 0.25) is 0 Å². The number of aryl methyl sites for hydroxylation is 2. The predicted molar refractivity (Wildman–Crippen MR) is 81.0 cm³/mol. The number of nitrogens with one attached hydrogen (secondary N) is 1. The number of rotatable bonds is 5. The molecule has 0 heterocycles. The molecule has 0 atom stereocenters. The fraction of sp³-hybridized carbons (Fsp3) is 0.647. The second-order valence-electron chi connectivity index (χ2n) is 7.35. The van der Waals surface area contributed by atoms with Crippen molar-refractivity contribution in [3.05, 3.63) is 35.1 Å². The summed E-state index contributed by atoms with van der Waals surface area (Å²) in [4.78, 5) is 0. The van der Waals surface area contributed by atoms with E-state index in [1.165, 1.54) is 5.56 Å². The zero-order valence-corrected chi connectivity index (χ0v) is 13.2. The Morgan fingerprint density at radius 2 is 1.74 bits per heavy atom. The van der Waals surface area contributed by atoms with Crippen LogP contribution in [0.5, 0.6) is 0 Å². The Morgan fingerprint density at radius 1 is 1.11 bits per heavy atom. The third-order valence-corrected chi connectivity index (χ3v) is 3.41. The van der Waals surface area contributed by atoms with Crippen LogP contribution in [0, 0.1) is 18.2 Å². The minimum Gasteiger partial charge on any atom is -0.312 e. The fourth-order valence-corrected chi connectivity index (χ4v) is 1.94. The van der Waals surface area contributed by atoms with Crippen molar-refractivity contribution in [1.29, 1.82) is 0 Å². The van der Waals surface area contributed by atoms with Crippen LogP contribution in [0.25, 0.3) is 0 Å². The first kappa shape index (κ1) is 16.2. The molecule has 108 valence electrons. The van der Waals surface area contributed by atoms with Gasteiger partial charge in [-0.25, -0.2) is 4.39 Å². The highest BCUT2D eigenvalue weighted by Crippen LogP contribution is 2.23. The maximum atomic E-state index is 13.2. The lowest BCUT2D eigenvalue weighted by molar-refractivity contribution is 0.273. The molecule has 0 fully saturated rings. The average Bonchev–Trinajstić information content (AvgIpc) is 2.28. The zero-order valence-electron chi connectivity index (χ0n) is 13.2. The Morgan fingerprint density at radius 3 is 2.26 bits per heavy atom. The Kier molecular flexibility index (Phi) is 5.14. The van der Waals surface area contributed by atoms with Crippen molar-refractivity contribution < 1.29 is 4.39 Å². The second kappa shape index (κ2) is 6.04. The molecule has 0 saturated carbocycles. The van der Waals surface area contributed by atoms with Crippen LogP contribution in [0.4, 0.5) is 4.39 Å². The summed E-state index contributed by atoms with van der Waals surface area (Å²) < 4.78 is 13.2. The van der Waals surface area contributed by atoms with E-state index in [0.717, 1.165) is 24.9 Å². The van der Waals surface area contributed by atoms with E-state index in [1.807, 2.05) is 19.1 Å². The number of benzene rings is 1. The first-order valence-corrected chi connectivity index (χ1v) is 7.09. The van der Waals surface area contributed by atoms with Gasteiger partial charge in [-0.1, -0.05) is 26.0 Å². The molecule has 0 aliphatic carbocycles. The third-order valence-electron chi connectivity index (χ3n) is 3.41. The number of hydrogen-bond acceptors (Lipinski definition) is 1. The van der Waals surface area contributed by atoms with Crippen molar-refractivity contribution in [3.8, 4) is 0 Å². The van der Waals surface area contributed by atoms with Crippen molar-refractivity contribution in [2.45, 2.75) is 59.9 Å². The molecule has 0 aromatic heterocycles. The standard InChI is InChI=1S/C17H28FN/c1-13-11-14(7-8-15(13)18)9-10-17(5,6)12-19-16(2,3)4/h7-8,11,19H,9-10,12H2,1-6H3. The highest BCUT2D eigenvalue weighted by molar-refractivity contribution is 5.24. The van der Waals surface area contributed by atoms with Crippen LogP contribution in [0.3, 0.4) is 0 Å². The van der Waals surface area contributed by atoms with Crippen LogP contribution in [0.1, 0.15) is 52.2 Å². The first-order chi connectivity index (χ1) is 8.59.